The Labute approximate surface area is 146 Å². The van der Waals surface area contributed by atoms with Crippen molar-refractivity contribution in [3.63, 3.8) is 0 Å². The van der Waals surface area contributed by atoms with E-state index in [1.54, 1.807) is 25.3 Å². The molecule has 0 unspecified atom stereocenters. The van der Waals surface area contributed by atoms with Gasteiger partial charge >= 0.3 is 0 Å². The first-order valence-corrected chi connectivity index (χ1v) is 9.44. The molecule has 7 nitrogen and oxygen atoms in total. The van der Waals surface area contributed by atoms with Crippen LogP contribution in [0.1, 0.15) is 12.5 Å². The Morgan fingerprint density at radius 2 is 1.92 bits per heavy atom. The maximum absolute atomic E-state index is 11.9. The third-order valence-electron chi connectivity index (χ3n) is 3.55. The highest BCUT2D eigenvalue weighted by Crippen LogP contribution is 2.31. The number of benzene rings is 1. The first-order valence-electron chi connectivity index (χ1n) is 7.49. The number of nitrogens with one attached hydrogen (secondary N) is 1. The monoisotopic (exact) mass is 364 g/mol. The quantitative estimate of drug-likeness (QED) is 0.846. The Hall–Kier alpha value is -2.61. The number of hydrogen-bond donors (Lipinski definition) is 1. The lowest BCUT2D eigenvalue weighted by molar-refractivity contribution is -0.115. The number of hydrogen-bond acceptors (Lipinski definition) is 6. The average Bonchev–Trinajstić information content (AvgIpc) is 2.56. The molecular weight excluding hydrogens is 344 g/mol. The molecule has 134 valence electrons. The molecule has 2 aromatic rings. The highest BCUT2D eigenvalue weighted by molar-refractivity contribution is 7.92. The predicted octanol–water partition coefficient (Wildman–Crippen LogP) is 2.56. The number of methoxy groups -OCH3 is 1. The van der Waals surface area contributed by atoms with E-state index in [1.165, 1.54) is 13.1 Å². The first-order chi connectivity index (χ1) is 11.7. The van der Waals surface area contributed by atoms with Crippen LogP contribution in [0.25, 0.3) is 0 Å². The largest absolute Gasteiger partial charge is 0.493 e. The van der Waals surface area contributed by atoms with Crippen LogP contribution in [0, 0.1) is 6.92 Å². The number of aryl methyl sites for hydroxylation is 1. The van der Waals surface area contributed by atoms with Gasteiger partial charge in [0.2, 0.25) is 11.8 Å². The zero-order chi connectivity index (χ0) is 18.6. The Morgan fingerprint density at radius 1 is 1.20 bits per heavy atom. The van der Waals surface area contributed by atoms with E-state index in [-0.39, 0.29) is 0 Å². The highest BCUT2D eigenvalue weighted by Gasteiger charge is 2.23. The van der Waals surface area contributed by atoms with Crippen molar-refractivity contribution in [2.24, 2.45) is 0 Å². The van der Waals surface area contributed by atoms with Gasteiger partial charge in [0.25, 0.3) is 0 Å². The molecule has 25 heavy (non-hydrogen) atoms. The molecule has 0 fully saturated rings. The summed E-state index contributed by atoms with van der Waals surface area (Å²) in [5, 5.41) is 1.37. The van der Waals surface area contributed by atoms with Gasteiger partial charge in [0.15, 0.2) is 21.3 Å². The zero-order valence-corrected chi connectivity index (χ0v) is 15.3. The predicted molar refractivity (Wildman–Crippen MR) is 95.0 cm³/mol. The lowest BCUT2D eigenvalue weighted by atomic mass is 10.2. The van der Waals surface area contributed by atoms with Crippen LogP contribution in [0.3, 0.4) is 0 Å². The fourth-order valence-electron chi connectivity index (χ4n) is 1.92. The smallest absolute Gasteiger partial charge is 0.242 e. The van der Waals surface area contributed by atoms with Gasteiger partial charge in [0.1, 0.15) is 5.25 Å². The highest BCUT2D eigenvalue weighted by atomic mass is 32.2. The van der Waals surface area contributed by atoms with Gasteiger partial charge in [-0.05, 0) is 37.6 Å². The van der Waals surface area contributed by atoms with Crippen molar-refractivity contribution in [1.82, 2.24) is 4.98 Å². The van der Waals surface area contributed by atoms with Gasteiger partial charge < -0.3 is 14.8 Å². The molecular formula is C17H20N2O5S. The minimum absolute atomic E-state index is 0.316. The van der Waals surface area contributed by atoms with E-state index < -0.39 is 21.0 Å². The van der Waals surface area contributed by atoms with E-state index in [0.29, 0.717) is 23.1 Å². The Kier molecular flexibility index (Phi) is 5.63. The van der Waals surface area contributed by atoms with Crippen molar-refractivity contribution in [2.45, 2.75) is 19.1 Å². The Bertz CT molecular complexity index is 863. The maximum Gasteiger partial charge on any atom is 0.242 e. The van der Waals surface area contributed by atoms with Crippen LogP contribution in [0.4, 0.5) is 5.69 Å². The molecule has 0 saturated carbocycles. The Balaban J connectivity index is 2.09. The summed E-state index contributed by atoms with van der Waals surface area (Å²) in [6.45, 7) is 3.28. The summed E-state index contributed by atoms with van der Waals surface area (Å²) in [5.41, 5.74) is 1.42. The number of aromatic nitrogens is 1. The second-order valence-corrected chi connectivity index (χ2v) is 7.97. The number of carbonyl (C=O) groups excluding carboxylic acids is 1. The molecule has 1 atom stereocenters. The topological polar surface area (TPSA) is 94.6 Å². The van der Waals surface area contributed by atoms with E-state index in [4.69, 9.17) is 9.47 Å². The van der Waals surface area contributed by atoms with Gasteiger partial charge in [0, 0.05) is 12.3 Å². The molecule has 0 saturated heterocycles. The summed E-state index contributed by atoms with van der Waals surface area (Å²) >= 11 is 0. The number of rotatable bonds is 6. The number of sulfone groups is 1. The van der Waals surface area contributed by atoms with Crippen LogP contribution in [0.15, 0.2) is 36.5 Å². The van der Waals surface area contributed by atoms with Crippen LogP contribution in [0.2, 0.25) is 0 Å². The SMILES string of the molecule is COc1cc(C)ccc1Oc1ccc(NC(=O)[C@@H](C)S(C)(=O)=O)cn1. The van der Waals surface area contributed by atoms with Crippen LogP contribution >= 0.6 is 0 Å². The van der Waals surface area contributed by atoms with Crippen molar-refractivity contribution in [1.29, 1.82) is 0 Å². The van der Waals surface area contributed by atoms with E-state index in [1.807, 2.05) is 19.1 Å². The van der Waals surface area contributed by atoms with Crippen LogP contribution in [-0.4, -0.2) is 37.9 Å². The number of amides is 1. The summed E-state index contributed by atoms with van der Waals surface area (Å²) in [4.78, 5) is 16.0. The fourth-order valence-corrected chi connectivity index (χ4v) is 2.37. The minimum atomic E-state index is -3.45. The van der Waals surface area contributed by atoms with Crippen LogP contribution in [-0.2, 0) is 14.6 Å². The summed E-state index contributed by atoms with van der Waals surface area (Å²) in [6.07, 6.45) is 2.41. The van der Waals surface area contributed by atoms with E-state index in [0.717, 1.165) is 11.8 Å². The number of pyridine rings is 1. The molecule has 8 heteroatoms. The van der Waals surface area contributed by atoms with Gasteiger partial charge in [-0.25, -0.2) is 13.4 Å². The number of nitrogens with zero attached hydrogens (tertiary/aromatic N) is 1. The second kappa shape index (κ2) is 7.52. The van der Waals surface area contributed by atoms with Gasteiger partial charge in [-0.15, -0.1) is 0 Å². The molecule has 0 radical (unpaired) electrons. The summed E-state index contributed by atoms with van der Waals surface area (Å²) in [5.74, 6) is 0.804. The molecule has 0 aliphatic carbocycles. The molecule has 1 amide bonds. The van der Waals surface area contributed by atoms with Crippen LogP contribution in [0.5, 0.6) is 17.4 Å². The fraction of sp³-hybridized carbons (Fsp3) is 0.294. The summed E-state index contributed by atoms with van der Waals surface area (Å²) in [6, 6.07) is 8.66. The molecule has 0 aliphatic heterocycles. The third kappa shape index (κ3) is 4.93. The van der Waals surface area contributed by atoms with Crippen molar-refractivity contribution in [3.05, 3.63) is 42.1 Å². The molecule has 2 rings (SSSR count). The lowest BCUT2D eigenvalue weighted by Crippen LogP contribution is -2.31. The zero-order valence-electron chi connectivity index (χ0n) is 14.4. The molecule has 1 heterocycles. The minimum Gasteiger partial charge on any atom is -0.493 e. The number of anilines is 1. The average molecular weight is 364 g/mol. The van der Waals surface area contributed by atoms with Gasteiger partial charge in [0.05, 0.1) is 19.0 Å². The van der Waals surface area contributed by atoms with Crippen molar-refractivity contribution in [3.8, 4) is 17.4 Å². The normalized spacial score (nSPS) is 12.3. The molecule has 1 N–H and O–H groups in total. The third-order valence-corrected chi connectivity index (χ3v) is 5.05. The summed E-state index contributed by atoms with van der Waals surface area (Å²) in [7, 11) is -1.90. The lowest BCUT2D eigenvalue weighted by Gasteiger charge is -2.12. The second-order valence-electron chi connectivity index (χ2n) is 5.60. The molecule has 1 aromatic heterocycles. The van der Waals surface area contributed by atoms with Crippen molar-refractivity contribution >= 4 is 21.4 Å². The number of ether oxygens (including phenoxy) is 2. The molecule has 1 aromatic carbocycles. The summed E-state index contributed by atoms with van der Waals surface area (Å²) < 4.78 is 33.7. The van der Waals surface area contributed by atoms with E-state index >= 15 is 0 Å². The molecule has 0 aliphatic rings. The van der Waals surface area contributed by atoms with Crippen LogP contribution < -0.4 is 14.8 Å². The van der Waals surface area contributed by atoms with Crippen molar-refractivity contribution < 1.29 is 22.7 Å². The Morgan fingerprint density at radius 3 is 2.48 bits per heavy atom. The molecule has 0 bridgehead atoms. The molecule has 0 spiro atoms. The number of carbonyl (C=O) groups is 1. The van der Waals surface area contributed by atoms with Gasteiger partial charge in [-0.3, -0.25) is 4.79 Å². The maximum atomic E-state index is 11.9. The van der Waals surface area contributed by atoms with Crippen molar-refractivity contribution in [2.75, 3.05) is 18.7 Å². The van der Waals surface area contributed by atoms with Gasteiger partial charge in [-0.1, -0.05) is 6.07 Å². The van der Waals surface area contributed by atoms with Gasteiger partial charge in [-0.2, -0.15) is 0 Å². The first kappa shape index (κ1) is 18.7. The van der Waals surface area contributed by atoms with E-state index in [2.05, 4.69) is 10.3 Å². The standard InChI is InChI=1S/C17H20N2O5S/c1-11-5-7-14(15(9-11)23-3)24-16-8-6-13(10-18-16)19-17(20)12(2)25(4,21)22/h5-10,12H,1-4H3,(H,19,20)/t12-/m1/s1. The van der Waals surface area contributed by atoms with E-state index in [9.17, 15) is 13.2 Å².